The molecule has 3 rings (SSSR count). The molecule has 0 saturated carbocycles. The van der Waals surface area contributed by atoms with E-state index in [4.69, 9.17) is 4.74 Å². The fourth-order valence-electron chi connectivity index (χ4n) is 2.85. The number of fused-ring (bicyclic) bond motifs is 1. The minimum Gasteiger partial charge on any atom is -0.491 e. The number of aliphatic hydroxyl groups excluding tert-OH is 1. The monoisotopic (exact) mass is 312 g/mol. The van der Waals surface area contributed by atoms with Crippen LogP contribution in [0, 0.1) is 0 Å². The van der Waals surface area contributed by atoms with Crippen molar-refractivity contribution in [3.05, 3.63) is 60.2 Å². The molecule has 4 nitrogen and oxygen atoms in total. The number of rotatable bonds is 7. The van der Waals surface area contributed by atoms with Gasteiger partial charge in [0.1, 0.15) is 18.5 Å². The van der Waals surface area contributed by atoms with Crippen molar-refractivity contribution < 1.29 is 9.84 Å². The molecule has 0 amide bonds. The maximum Gasteiger partial charge on any atom is 0.119 e. The average Bonchev–Trinajstić information content (AvgIpc) is 2.61. The Labute approximate surface area is 137 Å². The van der Waals surface area contributed by atoms with E-state index in [-0.39, 0.29) is 0 Å². The largest absolute Gasteiger partial charge is 0.491 e. The van der Waals surface area contributed by atoms with Gasteiger partial charge >= 0.3 is 0 Å². The highest BCUT2D eigenvalue weighted by molar-refractivity contribution is 5.53. The molecule has 1 aliphatic rings. The van der Waals surface area contributed by atoms with Crippen LogP contribution in [-0.2, 0) is 6.42 Å². The molecule has 1 heterocycles. The van der Waals surface area contributed by atoms with Gasteiger partial charge in [0, 0.05) is 24.8 Å². The number of nitrogens with one attached hydrogen (secondary N) is 2. The van der Waals surface area contributed by atoms with Crippen molar-refractivity contribution in [3.8, 4) is 5.75 Å². The first-order chi connectivity index (χ1) is 11.3. The Morgan fingerprint density at radius 3 is 2.78 bits per heavy atom. The Morgan fingerprint density at radius 2 is 1.91 bits per heavy atom. The quantitative estimate of drug-likeness (QED) is 0.735. The number of hydrogen-bond acceptors (Lipinski definition) is 4. The third kappa shape index (κ3) is 4.71. The van der Waals surface area contributed by atoms with Gasteiger partial charge in [0.05, 0.1) is 0 Å². The van der Waals surface area contributed by atoms with Crippen LogP contribution < -0.4 is 15.4 Å². The molecular weight excluding hydrogens is 288 g/mol. The Balaban J connectivity index is 1.35. The van der Waals surface area contributed by atoms with E-state index in [1.807, 2.05) is 30.3 Å². The summed E-state index contributed by atoms with van der Waals surface area (Å²) in [5.41, 5.74) is 2.62. The van der Waals surface area contributed by atoms with E-state index in [1.54, 1.807) is 0 Å². The van der Waals surface area contributed by atoms with Crippen LogP contribution in [0.25, 0.3) is 0 Å². The summed E-state index contributed by atoms with van der Waals surface area (Å²) in [5.74, 6) is 0.789. The molecule has 2 atom stereocenters. The van der Waals surface area contributed by atoms with Gasteiger partial charge in [0.25, 0.3) is 0 Å². The predicted molar refractivity (Wildman–Crippen MR) is 93.0 cm³/mol. The topological polar surface area (TPSA) is 53.5 Å². The first-order valence-electron chi connectivity index (χ1n) is 8.22. The third-order valence-electron chi connectivity index (χ3n) is 4.10. The molecule has 23 heavy (non-hydrogen) atoms. The van der Waals surface area contributed by atoms with E-state index in [1.165, 1.54) is 11.3 Å². The minimum absolute atomic E-state index is 0.304. The third-order valence-corrected chi connectivity index (χ3v) is 4.10. The molecule has 0 aliphatic carbocycles. The van der Waals surface area contributed by atoms with Crippen molar-refractivity contribution in [2.75, 3.05) is 25.0 Å². The van der Waals surface area contributed by atoms with Crippen LogP contribution in [0.15, 0.2) is 54.6 Å². The summed E-state index contributed by atoms with van der Waals surface area (Å²) in [7, 11) is 0. The van der Waals surface area contributed by atoms with Crippen LogP contribution in [0.3, 0.4) is 0 Å². The molecule has 1 aliphatic heterocycles. The van der Waals surface area contributed by atoms with Gasteiger partial charge in [0.15, 0.2) is 0 Å². The zero-order valence-electron chi connectivity index (χ0n) is 13.2. The van der Waals surface area contributed by atoms with Gasteiger partial charge in [-0.3, -0.25) is 0 Å². The van der Waals surface area contributed by atoms with Gasteiger partial charge in [0.2, 0.25) is 0 Å². The summed E-state index contributed by atoms with van der Waals surface area (Å²) in [5, 5.41) is 16.9. The van der Waals surface area contributed by atoms with Crippen molar-refractivity contribution in [2.24, 2.45) is 0 Å². The molecular formula is C19H24N2O2. The lowest BCUT2D eigenvalue weighted by Gasteiger charge is -2.27. The number of anilines is 1. The second kappa shape index (κ2) is 7.99. The van der Waals surface area contributed by atoms with Crippen molar-refractivity contribution in [3.63, 3.8) is 0 Å². The van der Waals surface area contributed by atoms with Gasteiger partial charge in [-0.1, -0.05) is 36.4 Å². The fraction of sp³-hybridized carbons (Fsp3) is 0.368. The van der Waals surface area contributed by atoms with Crippen molar-refractivity contribution in [2.45, 2.75) is 25.0 Å². The maximum absolute atomic E-state index is 9.99. The molecule has 4 heteroatoms. The van der Waals surface area contributed by atoms with Crippen molar-refractivity contribution in [1.29, 1.82) is 0 Å². The van der Waals surface area contributed by atoms with E-state index < -0.39 is 6.10 Å². The van der Waals surface area contributed by atoms with Gasteiger partial charge in [-0.2, -0.15) is 0 Å². The van der Waals surface area contributed by atoms with Gasteiger partial charge < -0.3 is 20.5 Å². The molecule has 2 unspecified atom stereocenters. The van der Waals surface area contributed by atoms with Gasteiger partial charge in [-0.05, 0) is 36.6 Å². The summed E-state index contributed by atoms with van der Waals surface area (Å²) in [6.07, 6.45) is 1.71. The van der Waals surface area contributed by atoms with Gasteiger partial charge in [-0.25, -0.2) is 0 Å². The van der Waals surface area contributed by atoms with Crippen molar-refractivity contribution >= 4 is 5.69 Å². The summed E-state index contributed by atoms with van der Waals surface area (Å²) in [6.45, 7) is 1.68. The highest BCUT2D eigenvalue weighted by atomic mass is 16.5. The molecule has 0 aromatic heterocycles. The van der Waals surface area contributed by atoms with Crippen LogP contribution >= 0.6 is 0 Å². The molecule has 0 spiro atoms. The Hall–Kier alpha value is -2.04. The number of aliphatic hydroxyl groups is 1. The number of hydrogen-bond donors (Lipinski definition) is 3. The Kier molecular flexibility index (Phi) is 5.51. The predicted octanol–water partition coefficient (Wildman–Crippen LogP) is 2.44. The van der Waals surface area contributed by atoms with E-state index in [2.05, 4.69) is 34.9 Å². The fourth-order valence-corrected chi connectivity index (χ4v) is 2.85. The lowest BCUT2D eigenvalue weighted by atomic mass is 9.98. The Morgan fingerprint density at radius 1 is 1.13 bits per heavy atom. The lowest BCUT2D eigenvalue weighted by Crippen LogP contribution is -2.40. The number of ether oxygens (including phenoxy) is 1. The maximum atomic E-state index is 9.99. The molecule has 3 N–H and O–H groups in total. The SMILES string of the molecule is OC(CNCC1CCc2ccccc2N1)COc1ccccc1. The molecule has 2 aromatic rings. The highest BCUT2D eigenvalue weighted by Gasteiger charge is 2.17. The molecule has 0 radical (unpaired) electrons. The molecule has 2 aromatic carbocycles. The first-order valence-corrected chi connectivity index (χ1v) is 8.22. The van der Waals surface area contributed by atoms with Crippen LogP contribution in [-0.4, -0.2) is 36.9 Å². The minimum atomic E-state index is -0.508. The molecule has 122 valence electrons. The molecule has 0 bridgehead atoms. The second-order valence-corrected chi connectivity index (χ2v) is 5.97. The smallest absolute Gasteiger partial charge is 0.119 e. The molecule has 0 saturated heterocycles. The van der Waals surface area contributed by atoms with Crippen LogP contribution in [0.2, 0.25) is 0 Å². The van der Waals surface area contributed by atoms with Crippen LogP contribution in [0.1, 0.15) is 12.0 Å². The zero-order chi connectivity index (χ0) is 15.9. The number of aryl methyl sites for hydroxylation is 1. The van der Waals surface area contributed by atoms with E-state index >= 15 is 0 Å². The van der Waals surface area contributed by atoms with Crippen LogP contribution in [0.5, 0.6) is 5.75 Å². The second-order valence-electron chi connectivity index (χ2n) is 5.97. The van der Waals surface area contributed by atoms with E-state index in [9.17, 15) is 5.11 Å². The van der Waals surface area contributed by atoms with Gasteiger partial charge in [-0.15, -0.1) is 0 Å². The normalized spacial score (nSPS) is 17.9. The van der Waals surface area contributed by atoms with E-state index in [0.29, 0.717) is 19.2 Å². The first kappa shape index (κ1) is 15.8. The summed E-state index contributed by atoms with van der Waals surface area (Å²) in [6, 6.07) is 18.4. The number of benzene rings is 2. The van der Waals surface area contributed by atoms with Crippen LogP contribution in [0.4, 0.5) is 5.69 Å². The molecule has 0 fully saturated rings. The lowest BCUT2D eigenvalue weighted by molar-refractivity contribution is 0.106. The number of para-hydroxylation sites is 2. The van der Waals surface area contributed by atoms with Crippen molar-refractivity contribution in [1.82, 2.24) is 5.32 Å². The summed E-state index contributed by atoms with van der Waals surface area (Å²) < 4.78 is 5.55. The summed E-state index contributed by atoms with van der Waals surface area (Å²) in [4.78, 5) is 0. The summed E-state index contributed by atoms with van der Waals surface area (Å²) >= 11 is 0. The highest BCUT2D eigenvalue weighted by Crippen LogP contribution is 2.23. The average molecular weight is 312 g/mol. The Bertz CT molecular complexity index is 603. The standard InChI is InChI=1S/C19H24N2O2/c22-17(14-23-18-7-2-1-3-8-18)13-20-12-16-11-10-15-6-4-5-9-19(15)21-16/h1-9,16-17,20-22H,10-14H2. The van der Waals surface area contributed by atoms with E-state index in [0.717, 1.165) is 25.1 Å². The zero-order valence-corrected chi connectivity index (χ0v) is 13.2.